The van der Waals surface area contributed by atoms with Crippen LogP contribution in [0.1, 0.15) is 18.9 Å². The lowest BCUT2D eigenvalue weighted by molar-refractivity contribution is -0.137. The van der Waals surface area contributed by atoms with Crippen molar-refractivity contribution in [3.8, 4) is 5.88 Å². The highest BCUT2D eigenvalue weighted by Gasteiger charge is 2.30. The van der Waals surface area contributed by atoms with E-state index in [-0.39, 0.29) is 5.88 Å². The number of aromatic nitrogens is 1. The van der Waals surface area contributed by atoms with Crippen LogP contribution in [0.25, 0.3) is 0 Å². The van der Waals surface area contributed by atoms with Crippen LogP contribution in [0.4, 0.5) is 13.2 Å². The molecule has 0 fully saturated rings. The maximum absolute atomic E-state index is 12.2. The summed E-state index contributed by atoms with van der Waals surface area (Å²) in [5.74, 6) is 0.189. The van der Waals surface area contributed by atoms with Crippen LogP contribution in [-0.4, -0.2) is 11.6 Å². The third kappa shape index (κ3) is 3.92. The minimum absolute atomic E-state index is 0.189. The van der Waals surface area contributed by atoms with Crippen LogP contribution in [0, 0.1) is 0 Å². The summed E-state index contributed by atoms with van der Waals surface area (Å²) in [6.07, 6.45) is 1.000. The Morgan fingerprint density at radius 3 is 2.56 bits per heavy atom. The van der Waals surface area contributed by atoms with Gasteiger partial charge in [-0.15, -0.1) is 0 Å². The number of nitrogens with zero attached hydrogens (tertiary/aromatic N) is 1. The molecule has 0 aliphatic carbocycles. The van der Waals surface area contributed by atoms with Crippen LogP contribution in [0.5, 0.6) is 5.88 Å². The van der Waals surface area contributed by atoms with Gasteiger partial charge in [0.15, 0.2) is 0 Å². The highest BCUT2D eigenvalue weighted by Crippen LogP contribution is 2.29. The first-order valence-corrected chi connectivity index (χ1v) is 4.85. The van der Waals surface area contributed by atoms with E-state index in [0.29, 0.717) is 6.61 Å². The zero-order chi connectivity index (χ0) is 12.0. The van der Waals surface area contributed by atoms with Crippen molar-refractivity contribution in [2.24, 2.45) is 0 Å². The molecule has 16 heavy (non-hydrogen) atoms. The Morgan fingerprint density at radius 1 is 1.31 bits per heavy atom. The van der Waals surface area contributed by atoms with Crippen molar-refractivity contribution in [1.82, 2.24) is 4.98 Å². The Morgan fingerprint density at radius 2 is 2.06 bits per heavy atom. The topological polar surface area (TPSA) is 22.1 Å². The van der Waals surface area contributed by atoms with Crippen molar-refractivity contribution in [2.45, 2.75) is 19.5 Å². The molecule has 0 saturated heterocycles. The molecule has 1 rings (SSSR count). The summed E-state index contributed by atoms with van der Waals surface area (Å²) in [4.78, 5) is 3.57. The Balaban J connectivity index is 2.55. The molecule has 1 aromatic heterocycles. The van der Waals surface area contributed by atoms with Gasteiger partial charge >= 0.3 is 6.18 Å². The molecule has 0 atom stereocenters. The maximum atomic E-state index is 12.2. The van der Waals surface area contributed by atoms with Gasteiger partial charge in [0, 0.05) is 12.3 Å². The normalized spacial score (nSPS) is 12.0. The fourth-order valence-electron chi connectivity index (χ4n) is 1.00. The Bertz CT molecular complexity index is 343. The summed E-state index contributed by atoms with van der Waals surface area (Å²) in [5.41, 5.74) is -0.774. The van der Waals surface area contributed by atoms with E-state index in [1.807, 2.05) is 13.0 Å². The third-order valence-electron chi connectivity index (χ3n) is 1.79. The standard InChI is InChI=1S/C11H12F3NO/c1-2-3-4-7-16-10-6-5-9(8-15-10)11(12,13)14/h3-6,8H,2,7H2,1H3/b4-3+. The number of hydrogen-bond acceptors (Lipinski definition) is 2. The highest BCUT2D eigenvalue weighted by atomic mass is 19.4. The summed E-state index contributed by atoms with van der Waals surface area (Å²) in [5, 5.41) is 0. The first-order valence-electron chi connectivity index (χ1n) is 4.85. The molecular formula is C11H12F3NO. The summed E-state index contributed by atoms with van der Waals surface area (Å²) in [6.45, 7) is 2.29. The lowest BCUT2D eigenvalue weighted by Gasteiger charge is -2.06. The molecule has 88 valence electrons. The van der Waals surface area contributed by atoms with Crippen molar-refractivity contribution in [2.75, 3.05) is 6.61 Å². The monoisotopic (exact) mass is 231 g/mol. The van der Waals surface area contributed by atoms with E-state index in [1.54, 1.807) is 6.08 Å². The molecule has 0 N–H and O–H groups in total. The van der Waals surface area contributed by atoms with Crippen LogP contribution in [-0.2, 0) is 6.18 Å². The molecule has 0 spiro atoms. The fraction of sp³-hybridized carbons (Fsp3) is 0.364. The molecule has 1 aromatic rings. The zero-order valence-electron chi connectivity index (χ0n) is 8.79. The molecule has 0 aromatic carbocycles. The van der Waals surface area contributed by atoms with E-state index in [2.05, 4.69) is 4.98 Å². The van der Waals surface area contributed by atoms with Gasteiger partial charge in [-0.25, -0.2) is 4.98 Å². The molecular weight excluding hydrogens is 219 g/mol. The average molecular weight is 231 g/mol. The number of rotatable bonds is 4. The molecule has 1 heterocycles. The summed E-state index contributed by atoms with van der Waals surface area (Å²) in [7, 11) is 0. The van der Waals surface area contributed by atoms with E-state index in [1.165, 1.54) is 6.07 Å². The van der Waals surface area contributed by atoms with Gasteiger partial charge in [0.05, 0.1) is 5.56 Å². The first kappa shape index (κ1) is 12.5. The van der Waals surface area contributed by atoms with Crippen LogP contribution < -0.4 is 4.74 Å². The first-order chi connectivity index (χ1) is 7.54. The second-order valence-corrected chi connectivity index (χ2v) is 3.07. The van der Waals surface area contributed by atoms with Gasteiger partial charge in [-0.1, -0.05) is 19.1 Å². The van der Waals surface area contributed by atoms with Gasteiger partial charge in [-0.05, 0) is 12.5 Å². The van der Waals surface area contributed by atoms with Gasteiger partial charge in [-0.3, -0.25) is 0 Å². The predicted molar refractivity (Wildman–Crippen MR) is 54.2 cm³/mol. The number of allylic oxidation sites excluding steroid dienone is 1. The van der Waals surface area contributed by atoms with Crippen LogP contribution in [0.3, 0.4) is 0 Å². The molecule has 0 aliphatic heterocycles. The number of halogens is 3. The van der Waals surface area contributed by atoms with E-state index in [4.69, 9.17) is 4.74 Å². The lowest BCUT2D eigenvalue weighted by Crippen LogP contribution is -2.05. The smallest absolute Gasteiger partial charge is 0.417 e. The van der Waals surface area contributed by atoms with Crippen molar-refractivity contribution in [1.29, 1.82) is 0 Å². The van der Waals surface area contributed by atoms with Crippen molar-refractivity contribution >= 4 is 0 Å². The van der Waals surface area contributed by atoms with Crippen molar-refractivity contribution in [3.05, 3.63) is 36.0 Å². The summed E-state index contributed by atoms with van der Waals surface area (Å²) < 4.78 is 41.7. The van der Waals surface area contributed by atoms with Crippen molar-refractivity contribution < 1.29 is 17.9 Å². The minimum atomic E-state index is -4.35. The molecule has 0 unspecified atom stereocenters. The Hall–Kier alpha value is -1.52. The van der Waals surface area contributed by atoms with Crippen LogP contribution in [0.2, 0.25) is 0 Å². The van der Waals surface area contributed by atoms with E-state index in [0.717, 1.165) is 18.7 Å². The fourth-order valence-corrected chi connectivity index (χ4v) is 1.00. The highest BCUT2D eigenvalue weighted by molar-refractivity contribution is 5.20. The SMILES string of the molecule is CC/C=C/COc1ccc(C(F)(F)F)cn1. The number of pyridine rings is 1. The van der Waals surface area contributed by atoms with E-state index < -0.39 is 11.7 Å². The lowest BCUT2D eigenvalue weighted by atomic mass is 10.3. The van der Waals surface area contributed by atoms with Gasteiger partial charge in [0.2, 0.25) is 5.88 Å². The molecule has 0 aliphatic rings. The van der Waals surface area contributed by atoms with Crippen LogP contribution in [0.15, 0.2) is 30.5 Å². The molecule has 0 radical (unpaired) electrons. The Labute approximate surface area is 91.8 Å². The van der Waals surface area contributed by atoms with Gasteiger partial charge in [0.25, 0.3) is 0 Å². The van der Waals surface area contributed by atoms with Gasteiger partial charge in [0.1, 0.15) is 6.61 Å². The van der Waals surface area contributed by atoms with Crippen LogP contribution >= 0.6 is 0 Å². The number of ether oxygens (including phenoxy) is 1. The second-order valence-electron chi connectivity index (χ2n) is 3.07. The molecule has 5 heteroatoms. The largest absolute Gasteiger partial charge is 0.473 e. The van der Waals surface area contributed by atoms with Gasteiger partial charge < -0.3 is 4.74 Å². The van der Waals surface area contributed by atoms with Gasteiger partial charge in [-0.2, -0.15) is 13.2 Å². The summed E-state index contributed by atoms with van der Waals surface area (Å²) in [6, 6.07) is 2.16. The third-order valence-corrected chi connectivity index (χ3v) is 1.79. The molecule has 0 saturated carbocycles. The minimum Gasteiger partial charge on any atom is -0.473 e. The molecule has 0 amide bonds. The average Bonchev–Trinajstić information content (AvgIpc) is 2.24. The maximum Gasteiger partial charge on any atom is 0.417 e. The second kappa shape index (κ2) is 5.53. The quantitative estimate of drug-likeness (QED) is 0.740. The molecule has 2 nitrogen and oxygen atoms in total. The summed E-state index contributed by atoms with van der Waals surface area (Å²) >= 11 is 0. The van der Waals surface area contributed by atoms with E-state index in [9.17, 15) is 13.2 Å². The predicted octanol–water partition coefficient (Wildman–Crippen LogP) is 3.45. The Kier molecular flexibility index (Phi) is 4.34. The van der Waals surface area contributed by atoms with Crippen molar-refractivity contribution in [3.63, 3.8) is 0 Å². The van der Waals surface area contributed by atoms with E-state index >= 15 is 0 Å². The number of alkyl halides is 3. The molecule has 0 bridgehead atoms. The zero-order valence-corrected chi connectivity index (χ0v) is 8.79. The number of hydrogen-bond donors (Lipinski definition) is 0.